The van der Waals surface area contributed by atoms with Gasteiger partial charge in [-0.15, -0.1) is 11.3 Å². The SMILES string of the molecule is c1ccc(-c2nc(-c3cccc(-c4cccc(-c5cccc(-c6nc(-c7ccccc7)nc7c6sc6ccccc67)c5)c4)c3)c3oc4ccccc4c3n2)cc1. The summed E-state index contributed by atoms with van der Waals surface area (Å²) in [5.74, 6) is 1.39. The van der Waals surface area contributed by atoms with Crippen LogP contribution in [0.3, 0.4) is 0 Å². The second-order valence-electron chi connectivity index (χ2n) is 13.8. The highest BCUT2D eigenvalue weighted by Crippen LogP contribution is 2.41. The third-order valence-corrected chi connectivity index (χ3v) is 11.5. The van der Waals surface area contributed by atoms with Gasteiger partial charge in [0.25, 0.3) is 0 Å². The van der Waals surface area contributed by atoms with Gasteiger partial charge in [-0.2, -0.15) is 0 Å². The first-order valence-corrected chi connectivity index (χ1v) is 19.4. The maximum atomic E-state index is 6.44. The smallest absolute Gasteiger partial charge is 0.180 e. The summed E-state index contributed by atoms with van der Waals surface area (Å²) in [7, 11) is 0. The summed E-state index contributed by atoms with van der Waals surface area (Å²) in [5, 5.41) is 2.12. The van der Waals surface area contributed by atoms with Crippen molar-refractivity contribution in [3.05, 3.63) is 182 Å². The van der Waals surface area contributed by atoms with Crippen molar-refractivity contribution in [3.63, 3.8) is 0 Å². The number of hydrogen-bond acceptors (Lipinski definition) is 6. The number of thiophene rings is 1. The summed E-state index contributed by atoms with van der Waals surface area (Å²) in [4.78, 5) is 20.5. The molecule has 0 saturated carbocycles. The lowest BCUT2D eigenvalue weighted by atomic mass is 9.96. The minimum Gasteiger partial charge on any atom is -0.452 e. The Kier molecular flexibility index (Phi) is 7.60. The van der Waals surface area contributed by atoms with Crippen LogP contribution in [0.25, 0.3) is 110 Å². The summed E-state index contributed by atoms with van der Waals surface area (Å²) in [6.07, 6.45) is 0. The second kappa shape index (κ2) is 13.2. The maximum Gasteiger partial charge on any atom is 0.180 e. The van der Waals surface area contributed by atoms with Gasteiger partial charge in [-0.25, -0.2) is 19.9 Å². The summed E-state index contributed by atoms with van der Waals surface area (Å²) in [5.41, 5.74) is 13.4. The molecule has 0 saturated heterocycles. The van der Waals surface area contributed by atoms with E-state index in [0.717, 1.165) is 93.8 Å². The van der Waals surface area contributed by atoms with Crippen LogP contribution in [0.1, 0.15) is 0 Å². The van der Waals surface area contributed by atoms with Crippen LogP contribution >= 0.6 is 11.3 Å². The standard InChI is InChI=1S/C50H30N4OS/c1-3-14-31(15-4-1)49-51-43(47-45(53-49)39-24-7-9-26-41(39)55-47)37-22-12-20-35(29-37)33-18-11-19-34(28-33)36-21-13-23-38(30-36)44-48-46(40-25-8-10-27-42(40)56-48)54-50(52-44)32-16-5-2-6-17-32/h1-30H. The molecule has 0 aliphatic heterocycles. The second-order valence-corrected chi connectivity index (χ2v) is 14.9. The van der Waals surface area contributed by atoms with E-state index in [0.29, 0.717) is 11.4 Å². The fourth-order valence-corrected chi connectivity index (χ4v) is 8.73. The van der Waals surface area contributed by atoms with E-state index in [1.54, 1.807) is 11.3 Å². The molecule has 6 heteroatoms. The Hall–Kier alpha value is -7.28. The Morgan fingerprint density at radius 1 is 0.357 bits per heavy atom. The molecule has 0 aliphatic rings. The minimum atomic E-state index is 0.666. The fraction of sp³-hybridized carbons (Fsp3) is 0. The Labute approximate surface area is 326 Å². The van der Waals surface area contributed by atoms with Gasteiger partial charge in [-0.3, -0.25) is 0 Å². The fourth-order valence-electron chi connectivity index (χ4n) is 7.58. The highest BCUT2D eigenvalue weighted by atomic mass is 32.1. The zero-order chi connectivity index (χ0) is 37.0. The van der Waals surface area contributed by atoms with E-state index in [2.05, 4.69) is 115 Å². The molecule has 4 aromatic heterocycles. The van der Waals surface area contributed by atoms with Crippen LogP contribution in [0.2, 0.25) is 0 Å². The van der Waals surface area contributed by atoms with Gasteiger partial charge in [0, 0.05) is 37.7 Å². The Morgan fingerprint density at radius 2 is 0.821 bits per heavy atom. The molecule has 0 radical (unpaired) electrons. The van der Waals surface area contributed by atoms with Gasteiger partial charge in [-0.1, -0.05) is 146 Å². The number of fused-ring (bicyclic) bond motifs is 6. The molecule has 5 nitrogen and oxygen atoms in total. The van der Waals surface area contributed by atoms with Crippen LogP contribution in [0.15, 0.2) is 186 Å². The van der Waals surface area contributed by atoms with E-state index in [1.165, 1.54) is 4.70 Å². The van der Waals surface area contributed by atoms with Crippen LogP contribution in [0, 0.1) is 0 Å². The van der Waals surface area contributed by atoms with E-state index < -0.39 is 0 Å². The molecule has 0 atom stereocenters. The normalized spacial score (nSPS) is 11.6. The van der Waals surface area contributed by atoms with Crippen molar-refractivity contribution < 1.29 is 4.42 Å². The topological polar surface area (TPSA) is 64.7 Å². The first kappa shape index (κ1) is 32.2. The quantitative estimate of drug-likeness (QED) is 0.170. The summed E-state index contributed by atoms with van der Waals surface area (Å²) >= 11 is 1.75. The van der Waals surface area contributed by atoms with Crippen LogP contribution < -0.4 is 0 Å². The molecule has 0 aliphatic carbocycles. The van der Waals surface area contributed by atoms with E-state index in [1.807, 2.05) is 66.7 Å². The highest BCUT2D eigenvalue weighted by Gasteiger charge is 2.20. The van der Waals surface area contributed by atoms with E-state index in [4.69, 9.17) is 24.4 Å². The first-order chi connectivity index (χ1) is 27.7. The zero-order valence-corrected chi connectivity index (χ0v) is 30.7. The Balaban J connectivity index is 1.01. The summed E-state index contributed by atoms with van der Waals surface area (Å²) in [6, 6.07) is 62.8. The molecule has 0 unspecified atom stereocenters. The molecule has 0 fully saturated rings. The van der Waals surface area contributed by atoms with Crippen LogP contribution in [0.4, 0.5) is 0 Å². The van der Waals surface area contributed by atoms with Crippen molar-refractivity contribution in [1.82, 2.24) is 19.9 Å². The maximum absolute atomic E-state index is 6.44. The predicted octanol–water partition coefficient (Wildman–Crippen LogP) is 13.5. The van der Waals surface area contributed by atoms with Crippen molar-refractivity contribution in [3.8, 4) is 67.5 Å². The van der Waals surface area contributed by atoms with Crippen LogP contribution in [-0.2, 0) is 0 Å². The van der Waals surface area contributed by atoms with Gasteiger partial charge in [-0.05, 0) is 58.7 Å². The van der Waals surface area contributed by atoms with Crippen molar-refractivity contribution in [2.24, 2.45) is 0 Å². The monoisotopic (exact) mass is 734 g/mol. The van der Waals surface area contributed by atoms with Crippen molar-refractivity contribution in [2.45, 2.75) is 0 Å². The van der Waals surface area contributed by atoms with Gasteiger partial charge >= 0.3 is 0 Å². The summed E-state index contributed by atoms with van der Waals surface area (Å²) < 4.78 is 8.73. The average Bonchev–Trinajstić information content (AvgIpc) is 3.85. The molecule has 11 rings (SSSR count). The molecular formula is C50H30N4OS. The number of hydrogen-bond donors (Lipinski definition) is 0. The van der Waals surface area contributed by atoms with Gasteiger partial charge < -0.3 is 4.42 Å². The van der Waals surface area contributed by atoms with Gasteiger partial charge in [0.2, 0.25) is 0 Å². The predicted molar refractivity (Wildman–Crippen MR) is 230 cm³/mol. The number of para-hydroxylation sites is 1. The van der Waals surface area contributed by atoms with Crippen LogP contribution in [-0.4, -0.2) is 19.9 Å². The molecular weight excluding hydrogens is 705 g/mol. The van der Waals surface area contributed by atoms with Crippen molar-refractivity contribution in [2.75, 3.05) is 0 Å². The first-order valence-electron chi connectivity index (χ1n) is 18.5. The third kappa shape index (κ3) is 5.54. The number of benzene rings is 7. The van der Waals surface area contributed by atoms with E-state index >= 15 is 0 Å². The Bertz CT molecular complexity index is 3040. The lowest BCUT2D eigenvalue weighted by Gasteiger charge is -2.11. The number of aromatic nitrogens is 4. The molecule has 7 aromatic carbocycles. The van der Waals surface area contributed by atoms with E-state index in [9.17, 15) is 0 Å². The van der Waals surface area contributed by atoms with Gasteiger partial charge in [0.15, 0.2) is 17.2 Å². The molecule has 11 aromatic rings. The molecule has 262 valence electrons. The third-order valence-electron chi connectivity index (χ3n) is 10.3. The van der Waals surface area contributed by atoms with Crippen LogP contribution in [0.5, 0.6) is 0 Å². The summed E-state index contributed by atoms with van der Waals surface area (Å²) in [6.45, 7) is 0. The lowest BCUT2D eigenvalue weighted by Crippen LogP contribution is -1.94. The van der Waals surface area contributed by atoms with Gasteiger partial charge in [0.05, 0.1) is 15.9 Å². The Morgan fingerprint density at radius 3 is 1.46 bits per heavy atom. The molecule has 0 bridgehead atoms. The number of rotatable bonds is 6. The van der Waals surface area contributed by atoms with Gasteiger partial charge in [0.1, 0.15) is 16.8 Å². The van der Waals surface area contributed by atoms with E-state index in [-0.39, 0.29) is 0 Å². The molecule has 0 N–H and O–H groups in total. The average molecular weight is 735 g/mol. The molecule has 0 spiro atoms. The largest absolute Gasteiger partial charge is 0.452 e. The molecule has 0 amide bonds. The number of nitrogens with zero attached hydrogens (tertiary/aromatic N) is 4. The molecule has 4 heterocycles. The zero-order valence-electron chi connectivity index (χ0n) is 29.9. The number of furan rings is 1. The lowest BCUT2D eigenvalue weighted by molar-refractivity contribution is 0.667. The highest BCUT2D eigenvalue weighted by molar-refractivity contribution is 7.26. The molecule has 56 heavy (non-hydrogen) atoms. The van der Waals surface area contributed by atoms with Crippen molar-refractivity contribution >= 4 is 53.7 Å². The van der Waals surface area contributed by atoms with Crippen molar-refractivity contribution in [1.29, 1.82) is 0 Å². The minimum absolute atomic E-state index is 0.666.